The van der Waals surface area contributed by atoms with Gasteiger partial charge >= 0.3 is 11.7 Å². The Kier molecular flexibility index (Phi) is 4.28. The molecule has 0 aliphatic heterocycles. The standard InChI is InChI=1S/C15H20N2O4S/c1-6-7-17-12(18)9-8(2)10(13(19)21-15(3,4)5)22-11(9)16-14(17)20/h6-7H2,1-5H3,(H,16,20). The Morgan fingerprint density at radius 1 is 1.32 bits per heavy atom. The average Bonchev–Trinajstić information content (AvgIpc) is 2.69. The van der Waals surface area contributed by atoms with Crippen LogP contribution in [0.25, 0.3) is 10.2 Å². The van der Waals surface area contributed by atoms with Crippen molar-refractivity contribution in [2.45, 2.75) is 53.2 Å². The number of ether oxygens (including phenoxy) is 1. The first-order valence-electron chi connectivity index (χ1n) is 7.15. The summed E-state index contributed by atoms with van der Waals surface area (Å²) in [7, 11) is 0. The molecular weight excluding hydrogens is 304 g/mol. The van der Waals surface area contributed by atoms with Crippen LogP contribution in [0, 0.1) is 6.92 Å². The number of rotatable bonds is 3. The van der Waals surface area contributed by atoms with Gasteiger partial charge in [0.05, 0.1) is 5.39 Å². The molecule has 0 bridgehead atoms. The van der Waals surface area contributed by atoms with Crippen LogP contribution in [0.4, 0.5) is 0 Å². The number of nitrogens with zero attached hydrogens (tertiary/aromatic N) is 1. The minimum Gasteiger partial charge on any atom is -0.456 e. The van der Waals surface area contributed by atoms with Crippen molar-refractivity contribution in [2.24, 2.45) is 0 Å². The number of fused-ring (bicyclic) bond motifs is 1. The first kappa shape index (κ1) is 16.5. The van der Waals surface area contributed by atoms with Gasteiger partial charge in [0.25, 0.3) is 5.56 Å². The van der Waals surface area contributed by atoms with Crippen molar-refractivity contribution in [3.8, 4) is 0 Å². The third-order valence-electron chi connectivity index (χ3n) is 3.10. The summed E-state index contributed by atoms with van der Waals surface area (Å²) in [6, 6.07) is 0. The molecule has 0 aliphatic carbocycles. The van der Waals surface area contributed by atoms with E-state index in [-0.39, 0.29) is 5.56 Å². The van der Waals surface area contributed by atoms with Crippen molar-refractivity contribution in [1.82, 2.24) is 9.55 Å². The van der Waals surface area contributed by atoms with Crippen LogP contribution in [0.2, 0.25) is 0 Å². The zero-order chi connectivity index (χ0) is 16.7. The largest absolute Gasteiger partial charge is 0.456 e. The first-order valence-corrected chi connectivity index (χ1v) is 7.97. The van der Waals surface area contributed by atoms with Gasteiger partial charge in [-0.2, -0.15) is 0 Å². The molecule has 1 N–H and O–H groups in total. The van der Waals surface area contributed by atoms with Gasteiger partial charge in [0.15, 0.2) is 0 Å². The fourth-order valence-corrected chi connectivity index (χ4v) is 3.26. The van der Waals surface area contributed by atoms with Crippen molar-refractivity contribution in [2.75, 3.05) is 0 Å². The van der Waals surface area contributed by atoms with Crippen molar-refractivity contribution in [1.29, 1.82) is 0 Å². The molecule has 22 heavy (non-hydrogen) atoms. The topological polar surface area (TPSA) is 81.2 Å². The van der Waals surface area contributed by atoms with E-state index >= 15 is 0 Å². The molecule has 0 aromatic carbocycles. The maximum Gasteiger partial charge on any atom is 0.349 e. The number of carbonyl (C=O) groups excluding carboxylic acids is 1. The number of carbonyl (C=O) groups is 1. The van der Waals surface area contributed by atoms with Crippen molar-refractivity contribution < 1.29 is 9.53 Å². The van der Waals surface area contributed by atoms with Gasteiger partial charge < -0.3 is 4.74 Å². The molecule has 2 aromatic rings. The normalized spacial score (nSPS) is 11.9. The highest BCUT2D eigenvalue weighted by atomic mass is 32.1. The summed E-state index contributed by atoms with van der Waals surface area (Å²) >= 11 is 1.08. The van der Waals surface area contributed by atoms with Gasteiger partial charge in [-0.1, -0.05) is 6.92 Å². The predicted molar refractivity (Wildman–Crippen MR) is 86.9 cm³/mol. The smallest absolute Gasteiger partial charge is 0.349 e. The van der Waals surface area contributed by atoms with Crippen molar-refractivity contribution in [3.63, 3.8) is 0 Å². The average molecular weight is 324 g/mol. The molecule has 7 heteroatoms. The van der Waals surface area contributed by atoms with Gasteiger partial charge in [-0.25, -0.2) is 9.59 Å². The van der Waals surface area contributed by atoms with Crippen molar-refractivity contribution in [3.05, 3.63) is 31.3 Å². The number of hydrogen-bond donors (Lipinski definition) is 1. The predicted octanol–water partition coefficient (Wildman–Crippen LogP) is 2.43. The number of hydrogen-bond acceptors (Lipinski definition) is 5. The second kappa shape index (κ2) is 5.72. The highest BCUT2D eigenvalue weighted by Crippen LogP contribution is 2.28. The van der Waals surface area contributed by atoms with Crippen LogP contribution in [0.15, 0.2) is 9.59 Å². The molecule has 0 spiro atoms. The van der Waals surface area contributed by atoms with Gasteiger partial charge in [-0.05, 0) is 39.7 Å². The van der Waals surface area contributed by atoms with E-state index < -0.39 is 17.3 Å². The summed E-state index contributed by atoms with van der Waals surface area (Å²) in [5.74, 6) is -0.478. The fourth-order valence-electron chi connectivity index (χ4n) is 2.20. The second-order valence-electron chi connectivity index (χ2n) is 6.15. The van der Waals surface area contributed by atoms with Gasteiger partial charge in [0.1, 0.15) is 15.3 Å². The second-order valence-corrected chi connectivity index (χ2v) is 7.17. The molecule has 0 saturated carbocycles. The number of thiophene rings is 1. The molecule has 2 rings (SSSR count). The summed E-state index contributed by atoms with van der Waals surface area (Å²) < 4.78 is 6.52. The molecule has 120 valence electrons. The van der Waals surface area contributed by atoms with Crippen LogP contribution in [-0.2, 0) is 11.3 Å². The zero-order valence-electron chi connectivity index (χ0n) is 13.4. The van der Waals surface area contributed by atoms with E-state index in [1.165, 1.54) is 4.57 Å². The third-order valence-corrected chi connectivity index (χ3v) is 4.29. The van der Waals surface area contributed by atoms with Crippen LogP contribution in [0.1, 0.15) is 49.4 Å². The van der Waals surface area contributed by atoms with Crippen LogP contribution in [0.5, 0.6) is 0 Å². The van der Waals surface area contributed by atoms with E-state index in [1.807, 2.05) is 6.92 Å². The lowest BCUT2D eigenvalue weighted by Crippen LogP contribution is -2.34. The number of H-pyrrole nitrogens is 1. The lowest BCUT2D eigenvalue weighted by atomic mass is 10.2. The number of nitrogens with one attached hydrogen (secondary N) is 1. The lowest BCUT2D eigenvalue weighted by molar-refractivity contribution is 0.00746. The summed E-state index contributed by atoms with van der Waals surface area (Å²) in [5, 5.41) is 0.388. The molecule has 0 radical (unpaired) electrons. The third kappa shape index (κ3) is 2.99. The minimum absolute atomic E-state index is 0.348. The Morgan fingerprint density at radius 2 is 1.95 bits per heavy atom. The van der Waals surface area contributed by atoms with Gasteiger partial charge in [-0.3, -0.25) is 14.3 Å². The van der Waals surface area contributed by atoms with Gasteiger partial charge in [0.2, 0.25) is 0 Å². The fraction of sp³-hybridized carbons (Fsp3) is 0.533. The van der Waals surface area contributed by atoms with Crippen LogP contribution < -0.4 is 11.2 Å². The highest BCUT2D eigenvalue weighted by Gasteiger charge is 2.24. The molecule has 0 aliphatic rings. The summed E-state index contributed by atoms with van der Waals surface area (Å²) in [4.78, 5) is 40.1. The number of esters is 1. The first-order chi connectivity index (χ1) is 10.2. The lowest BCUT2D eigenvalue weighted by Gasteiger charge is -2.19. The molecular formula is C15H20N2O4S. The van der Waals surface area contributed by atoms with E-state index in [4.69, 9.17) is 4.74 Å². The van der Waals surface area contributed by atoms with Crippen molar-refractivity contribution >= 4 is 27.5 Å². The van der Waals surface area contributed by atoms with Crippen LogP contribution in [-0.4, -0.2) is 21.1 Å². The Balaban J connectivity index is 2.64. The molecule has 0 amide bonds. The van der Waals surface area contributed by atoms with Gasteiger partial charge in [-0.15, -0.1) is 11.3 Å². The molecule has 2 heterocycles. The quantitative estimate of drug-likeness (QED) is 0.879. The number of aryl methyl sites for hydroxylation is 1. The number of aromatic amines is 1. The monoisotopic (exact) mass is 324 g/mol. The van der Waals surface area contributed by atoms with Gasteiger partial charge in [0, 0.05) is 6.54 Å². The minimum atomic E-state index is -0.616. The van der Waals surface area contributed by atoms with E-state index in [1.54, 1.807) is 27.7 Å². The maximum atomic E-state index is 12.5. The highest BCUT2D eigenvalue weighted by molar-refractivity contribution is 7.20. The molecule has 6 nitrogen and oxygen atoms in total. The van der Waals surface area contributed by atoms with E-state index in [0.29, 0.717) is 33.6 Å². The molecule has 0 atom stereocenters. The Morgan fingerprint density at radius 3 is 2.50 bits per heavy atom. The molecule has 0 unspecified atom stereocenters. The number of aromatic nitrogens is 2. The Hall–Kier alpha value is -1.89. The maximum absolute atomic E-state index is 12.5. The van der Waals surface area contributed by atoms with E-state index in [9.17, 15) is 14.4 Å². The molecule has 0 fully saturated rings. The zero-order valence-corrected chi connectivity index (χ0v) is 14.2. The van der Waals surface area contributed by atoms with Crippen LogP contribution in [0.3, 0.4) is 0 Å². The SMILES string of the molecule is CCCn1c(=O)[nH]c2sc(C(=O)OC(C)(C)C)c(C)c2c1=O. The van der Waals surface area contributed by atoms with E-state index in [0.717, 1.165) is 11.3 Å². The Labute approximate surface area is 131 Å². The summed E-state index contributed by atoms with van der Waals surface area (Å²) in [6.45, 7) is 9.29. The molecule has 2 aromatic heterocycles. The summed E-state index contributed by atoms with van der Waals surface area (Å²) in [5.41, 5.74) is -0.865. The van der Waals surface area contributed by atoms with Crippen LogP contribution >= 0.6 is 11.3 Å². The Bertz CT molecular complexity index is 836. The van der Waals surface area contributed by atoms with E-state index in [2.05, 4.69) is 4.98 Å². The molecule has 0 saturated heterocycles. The summed E-state index contributed by atoms with van der Waals surface area (Å²) in [6.07, 6.45) is 0.677.